The Morgan fingerprint density at radius 2 is 1.94 bits per heavy atom. The van der Waals surface area contributed by atoms with Crippen LogP contribution in [0.2, 0.25) is 5.02 Å². The minimum atomic E-state index is -1.11. The molecular formula is C22H15ClN2O8. The maximum absolute atomic E-state index is 12.7. The molecule has 3 aromatic rings. The first kappa shape index (κ1) is 21.9. The van der Waals surface area contributed by atoms with Gasteiger partial charge in [-0.3, -0.25) is 9.69 Å². The topological polar surface area (TPSA) is 139 Å². The number of ether oxygens (including phenoxy) is 1. The predicted molar refractivity (Wildman–Crippen MR) is 113 cm³/mol. The van der Waals surface area contributed by atoms with Gasteiger partial charge in [-0.2, -0.15) is 0 Å². The second-order valence-corrected chi connectivity index (χ2v) is 7.25. The fourth-order valence-corrected chi connectivity index (χ4v) is 3.32. The Kier molecular flexibility index (Phi) is 5.76. The average molecular weight is 471 g/mol. The van der Waals surface area contributed by atoms with Gasteiger partial charge in [-0.25, -0.2) is 14.4 Å². The van der Waals surface area contributed by atoms with Crippen molar-refractivity contribution in [1.29, 1.82) is 0 Å². The third-order valence-corrected chi connectivity index (χ3v) is 5.05. The maximum Gasteiger partial charge on any atom is 0.373 e. The van der Waals surface area contributed by atoms with Gasteiger partial charge in [0.15, 0.2) is 0 Å². The van der Waals surface area contributed by atoms with Crippen LogP contribution in [0.3, 0.4) is 0 Å². The van der Waals surface area contributed by atoms with E-state index in [1.807, 2.05) is 0 Å². The quantitative estimate of drug-likeness (QED) is 0.315. The molecule has 1 aromatic carbocycles. The highest BCUT2D eigenvalue weighted by atomic mass is 35.5. The molecule has 0 spiro atoms. The first-order valence-electron chi connectivity index (χ1n) is 9.41. The molecule has 1 aliphatic heterocycles. The number of furan rings is 2. The summed E-state index contributed by atoms with van der Waals surface area (Å²) < 4.78 is 15.5. The molecule has 0 radical (unpaired) electrons. The lowest BCUT2D eigenvalue weighted by Gasteiger charge is -2.09. The molecule has 0 atom stereocenters. The molecular weight excluding hydrogens is 456 g/mol. The fraction of sp³-hybridized carbons (Fsp3) is 0.0909. The van der Waals surface area contributed by atoms with Crippen molar-refractivity contribution < 1.29 is 37.9 Å². The third kappa shape index (κ3) is 4.37. The Morgan fingerprint density at radius 3 is 2.67 bits per heavy atom. The van der Waals surface area contributed by atoms with Crippen LogP contribution in [0.4, 0.5) is 4.79 Å². The number of hydrogen-bond acceptors (Lipinski definition) is 7. The number of amides is 3. The molecule has 0 unspecified atom stereocenters. The van der Waals surface area contributed by atoms with Crippen molar-refractivity contribution in [3.8, 4) is 11.3 Å². The molecule has 2 aromatic heterocycles. The average Bonchev–Trinajstić information content (AvgIpc) is 3.51. The molecule has 4 rings (SSSR count). The first-order chi connectivity index (χ1) is 15.8. The van der Waals surface area contributed by atoms with Crippen LogP contribution in [0, 0.1) is 0 Å². The van der Waals surface area contributed by atoms with Crippen molar-refractivity contribution in [2.75, 3.05) is 7.11 Å². The van der Waals surface area contributed by atoms with E-state index in [1.54, 1.807) is 12.1 Å². The number of carboxylic acids is 1. The summed E-state index contributed by atoms with van der Waals surface area (Å²) in [5.41, 5.74) is 0.364. The number of carboxylic acid groups (broad SMARTS) is 1. The summed E-state index contributed by atoms with van der Waals surface area (Å²) >= 11 is 6.16. The van der Waals surface area contributed by atoms with Gasteiger partial charge >= 0.3 is 18.0 Å². The number of hydrogen-bond donors (Lipinski definition) is 2. The number of esters is 1. The number of aromatic carboxylic acids is 1. The standard InChI is InChI=1S/C22H15ClN2O8/c1-31-21(29)18-7-4-13(33-18)10-25-19(26)16(24-22(25)30)9-12-3-6-17(32-12)14-8-11(20(27)28)2-5-15(14)23/h2-9H,10H2,1H3,(H,24,30)(H,27,28)/b16-9-. The van der Waals surface area contributed by atoms with E-state index in [9.17, 15) is 24.3 Å². The van der Waals surface area contributed by atoms with Crippen molar-refractivity contribution in [2.45, 2.75) is 6.54 Å². The number of nitrogens with zero attached hydrogens (tertiary/aromatic N) is 1. The van der Waals surface area contributed by atoms with E-state index in [0.717, 1.165) is 4.90 Å². The van der Waals surface area contributed by atoms with Crippen LogP contribution >= 0.6 is 11.6 Å². The van der Waals surface area contributed by atoms with E-state index >= 15 is 0 Å². The minimum absolute atomic E-state index is 0.0351. The lowest BCUT2D eigenvalue weighted by Crippen LogP contribution is -2.30. The smallest absolute Gasteiger partial charge is 0.373 e. The Bertz CT molecular complexity index is 1320. The number of methoxy groups -OCH3 is 1. The summed E-state index contributed by atoms with van der Waals surface area (Å²) in [5.74, 6) is -1.73. The Morgan fingerprint density at radius 1 is 1.15 bits per heavy atom. The summed E-state index contributed by atoms with van der Waals surface area (Å²) in [6.07, 6.45) is 1.33. The van der Waals surface area contributed by atoms with Crippen LogP contribution in [0.5, 0.6) is 0 Å². The molecule has 0 saturated carbocycles. The lowest BCUT2D eigenvalue weighted by molar-refractivity contribution is -0.123. The van der Waals surface area contributed by atoms with E-state index in [-0.39, 0.29) is 45.9 Å². The number of carbonyl (C=O) groups excluding carboxylic acids is 3. The molecule has 168 valence electrons. The summed E-state index contributed by atoms with van der Waals surface area (Å²) in [7, 11) is 1.20. The largest absolute Gasteiger partial charge is 0.478 e. The highest BCUT2D eigenvalue weighted by molar-refractivity contribution is 6.33. The van der Waals surface area contributed by atoms with Gasteiger partial charge in [0, 0.05) is 11.6 Å². The molecule has 1 saturated heterocycles. The summed E-state index contributed by atoms with van der Waals surface area (Å²) in [6.45, 7) is -0.194. The molecule has 0 aliphatic carbocycles. The molecule has 3 heterocycles. The number of urea groups is 1. The van der Waals surface area contributed by atoms with E-state index in [2.05, 4.69) is 10.1 Å². The third-order valence-electron chi connectivity index (χ3n) is 4.72. The summed E-state index contributed by atoms with van der Waals surface area (Å²) in [5, 5.41) is 11.9. The van der Waals surface area contributed by atoms with Crippen molar-refractivity contribution >= 4 is 41.6 Å². The van der Waals surface area contributed by atoms with Gasteiger partial charge in [0.1, 0.15) is 23.0 Å². The molecule has 3 amide bonds. The van der Waals surface area contributed by atoms with E-state index in [0.29, 0.717) is 5.56 Å². The molecule has 10 nitrogen and oxygen atoms in total. The lowest BCUT2D eigenvalue weighted by atomic mass is 10.1. The highest BCUT2D eigenvalue weighted by Gasteiger charge is 2.34. The van der Waals surface area contributed by atoms with Crippen molar-refractivity contribution in [1.82, 2.24) is 10.2 Å². The van der Waals surface area contributed by atoms with Crippen LogP contribution in [0.15, 0.2) is 57.0 Å². The van der Waals surface area contributed by atoms with Crippen molar-refractivity contribution in [3.05, 3.63) is 76.0 Å². The van der Waals surface area contributed by atoms with Gasteiger partial charge in [0.25, 0.3) is 5.91 Å². The first-order valence-corrected chi connectivity index (χ1v) is 9.79. The Hall–Kier alpha value is -4.31. The van der Waals surface area contributed by atoms with Crippen LogP contribution in [-0.4, -0.2) is 41.0 Å². The van der Waals surface area contributed by atoms with E-state index < -0.39 is 23.9 Å². The zero-order valence-corrected chi connectivity index (χ0v) is 17.7. The monoisotopic (exact) mass is 470 g/mol. The second-order valence-electron chi connectivity index (χ2n) is 6.84. The van der Waals surface area contributed by atoms with Gasteiger partial charge < -0.3 is 24.0 Å². The van der Waals surface area contributed by atoms with Gasteiger partial charge in [0.05, 0.1) is 24.2 Å². The molecule has 1 aliphatic rings. The Labute approximate surface area is 191 Å². The molecule has 11 heteroatoms. The maximum atomic E-state index is 12.7. The molecule has 1 fully saturated rings. The van der Waals surface area contributed by atoms with Crippen LogP contribution in [0.25, 0.3) is 17.4 Å². The zero-order chi connectivity index (χ0) is 23.7. The normalized spacial score (nSPS) is 14.6. The van der Waals surface area contributed by atoms with Gasteiger partial charge in [0.2, 0.25) is 5.76 Å². The number of carbonyl (C=O) groups is 4. The fourth-order valence-electron chi connectivity index (χ4n) is 3.11. The summed E-state index contributed by atoms with van der Waals surface area (Å²) in [6, 6.07) is 9.46. The molecule has 2 N–H and O–H groups in total. The number of nitrogens with one attached hydrogen (secondary N) is 1. The summed E-state index contributed by atoms with van der Waals surface area (Å²) in [4.78, 5) is 48.6. The number of rotatable bonds is 6. The van der Waals surface area contributed by atoms with Crippen molar-refractivity contribution in [2.24, 2.45) is 0 Å². The van der Waals surface area contributed by atoms with Crippen LogP contribution in [0.1, 0.15) is 32.4 Å². The van der Waals surface area contributed by atoms with E-state index in [4.69, 9.17) is 20.4 Å². The molecule has 33 heavy (non-hydrogen) atoms. The molecule has 0 bridgehead atoms. The predicted octanol–water partition coefficient (Wildman–Crippen LogP) is 3.77. The SMILES string of the molecule is COC(=O)c1ccc(CN2C(=O)N/C(=C\c3ccc(-c4cc(C(=O)O)ccc4Cl)o3)C2=O)o1. The minimum Gasteiger partial charge on any atom is -0.478 e. The van der Waals surface area contributed by atoms with E-state index in [1.165, 1.54) is 43.5 Å². The van der Waals surface area contributed by atoms with Gasteiger partial charge in [-0.05, 0) is 42.5 Å². The Balaban J connectivity index is 1.53. The van der Waals surface area contributed by atoms with Gasteiger partial charge in [-0.15, -0.1) is 0 Å². The zero-order valence-electron chi connectivity index (χ0n) is 17.0. The highest BCUT2D eigenvalue weighted by Crippen LogP contribution is 2.31. The van der Waals surface area contributed by atoms with Crippen molar-refractivity contribution in [3.63, 3.8) is 0 Å². The number of halogens is 1. The van der Waals surface area contributed by atoms with Crippen LogP contribution < -0.4 is 5.32 Å². The van der Waals surface area contributed by atoms with Gasteiger partial charge in [-0.1, -0.05) is 11.6 Å². The van der Waals surface area contributed by atoms with Crippen LogP contribution in [-0.2, 0) is 16.1 Å². The second kappa shape index (κ2) is 8.67. The number of imide groups is 1. The number of benzene rings is 1.